The lowest BCUT2D eigenvalue weighted by molar-refractivity contribution is 0.207. The Morgan fingerprint density at radius 2 is 1.82 bits per heavy atom. The largest absolute Gasteiger partial charge is 0.322 e. The van der Waals surface area contributed by atoms with Crippen LogP contribution in [-0.4, -0.2) is 17.5 Å². The van der Waals surface area contributed by atoms with Crippen LogP contribution in [-0.2, 0) is 0 Å². The van der Waals surface area contributed by atoms with Crippen LogP contribution in [0.15, 0.2) is 48.5 Å². The lowest BCUT2D eigenvalue weighted by Gasteiger charge is -2.25. The van der Waals surface area contributed by atoms with E-state index in [1.54, 1.807) is 23.1 Å². The summed E-state index contributed by atoms with van der Waals surface area (Å²) >= 11 is 0. The number of anilines is 1. The first-order valence-corrected chi connectivity index (χ1v) is 7.22. The topological polar surface area (TPSA) is 32.3 Å². The fourth-order valence-corrected chi connectivity index (χ4v) is 2.83. The van der Waals surface area contributed by atoms with Crippen LogP contribution >= 0.6 is 0 Å². The summed E-state index contributed by atoms with van der Waals surface area (Å²) in [6, 6.07) is 11.6. The Kier molecular flexibility index (Phi) is 4.04. The van der Waals surface area contributed by atoms with Crippen molar-refractivity contribution in [3.8, 4) is 0 Å². The highest BCUT2D eigenvalue weighted by Crippen LogP contribution is 2.32. The first-order valence-electron chi connectivity index (χ1n) is 7.22. The van der Waals surface area contributed by atoms with Crippen LogP contribution < -0.4 is 5.32 Å². The molecule has 114 valence electrons. The van der Waals surface area contributed by atoms with Crippen molar-refractivity contribution in [2.45, 2.75) is 18.9 Å². The smallest absolute Gasteiger partial charge is 0.317 e. The number of urea groups is 1. The van der Waals surface area contributed by atoms with Crippen LogP contribution in [0.1, 0.15) is 24.4 Å². The van der Waals surface area contributed by atoms with Crippen molar-refractivity contribution < 1.29 is 13.6 Å². The van der Waals surface area contributed by atoms with Gasteiger partial charge in [0.15, 0.2) is 0 Å². The molecule has 1 aliphatic rings. The summed E-state index contributed by atoms with van der Waals surface area (Å²) in [6.45, 7) is 0.600. The maximum Gasteiger partial charge on any atom is 0.322 e. The third kappa shape index (κ3) is 3.08. The van der Waals surface area contributed by atoms with E-state index in [1.165, 1.54) is 24.3 Å². The molecule has 2 aromatic rings. The van der Waals surface area contributed by atoms with Crippen molar-refractivity contribution in [3.63, 3.8) is 0 Å². The number of halogens is 2. The molecular weight excluding hydrogens is 286 g/mol. The summed E-state index contributed by atoms with van der Waals surface area (Å²) in [5, 5.41) is 2.69. The number of amides is 2. The number of carbonyl (C=O) groups excluding carboxylic acids is 1. The molecule has 1 heterocycles. The van der Waals surface area contributed by atoms with Crippen LogP contribution in [0.3, 0.4) is 0 Å². The van der Waals surface area contributed by atoms with Crippen LogP contribution in [0.5, 0.6) is 0 Å². The highest BCUT2D eigenvalue weighted by atomic mass is 19.1. The summed E-state index contributed by atoms with van der Waals surface area (Å²) in [5.41, 5.74) is 1.20. The molecule has 0 saturated carbocycles. The standard InChI is InChI=1S/C17H16F2N2O/c18-13-5-1-4-12(10-13)16-8-3-9-21(16)17(22)20-15-7-2-6-14(19)11-15/h1-2,4-7,10-11,16H,3,8-9H2,(H,20,22)/t16-/m0/s1. The van der Waals surface area contributed by atoms with Gasteiger partial charge in [0.2, 0.25) is 0 Å². The summed E-state index contributed by atoms with van der Waals surface area (Å²) in [4.78, 5) is 14.1. The van der Waals surface area contributed by atoms with Crippen LogP contribution in [0.4, 0.5) is 19.3 Å². The number of nitrogens with one attached hydrogen (secondary N) is 1. The predicted octanol–water partition coefficient (Wildman–Crippen LogP) is 4.33. The molecule has 0 radical (unpaired) electrons. The minimum Gasteiger partial charge on any atom is -0.317 e. The van der Waals surface area contributed by atoms with Gasteiger partial charge in [0, 0.05) is 12.2 Å². The lowest BCUT2D eigenvalue weighted by Crippen LogP contribution is -2.34. The maximum absolute atomic E-state index is 13.4. The Labute approximate surface area is 127 Å². The van der Waals surface area contributed by atoms with E-state index >= 15 is 0 Å². The van der Waals surface area contributed by atoms with E-state index in [2.05, 4.69) is 5.32 Å². The predicted molar refractivity (Wildman–Crippen MR) is 80.5 cm³/mol. The third-order valence-electron chi connectivity index (χ3n) is 3.82. The molecule has 1 atom stereocenters. The average molecular weight is 302 g/mol. The zero-order chi connectivity index (χ0) is 15.5. The molecule has 0 bridgehead atoms. The molecule has 1 N–H and O–H groups in total. The fourth-order valence-electron chi connectivity index (χ4n) is 2.83. The summed E-state index contributed by atoms with van der Waals surface area (Å²) in [5.74, 6) is -0.712. The van der Waals surface area contributed by atoms with E-state index in [-0.39, 0.29) is 17.9 Å². The molecule has 3 nitrogen and oxygen atoms in total. The molecule has 0 unspecified atom stereocenters. The van der Waals surface area contributed by atoms with Crippen LogP contribution in [0.2, 0.25) is 0 Å². The molecule has 0 aliphatic carbocycles. The molecule has 22 heavy (non-hydrogen) atoms. The third-order valence-corrected chi connectivity index (χ3v) is 3.82. The number of nitrogens with zero attached hydrogens (tertiary/aromatic N) is 1. The highest BCUT2D eigenvalue weighted by molar-refractivity contribution is 5.89. The zero-order valence-electron chi connectivity index (χ0n) is 11.9. The Balaban J connectivity index is 1.76. The molecule has 0 aromatic heterocycles. The van der Waals surface area contributed by atoms with Gasteiger partial charge in [-0.25, -0.2) is 13.6 Å². The van der Waals surface area contributed by atoms with E-state index in [4.69, 9.17) is 0 Å². The van der Waals surface area contributed by atoms with Crippen molar-refractivity contribution in [3.05, 3.63) is 65.7 Å². The van der Waals surface area contributed by atoms with Gasteiger partial charge >= 0.3 is 6.03 Å². The molecule has 1 fully saturated rings. The number of likely N-dealkylation sites (tertiary alicyclic amines) is 1. The first-order chi connectivity index (χ1) is 10.6. The van der Waals surface area contributed by atoms with E-state index in [1.807, 2.05) is 6.07 Å². The van der Waals surface area contributed by atoms with Crippen molar-refractivity contribution >= 4 is 11.7 Å². The average Bonchev–Trinajstić information content (AvgIpc) is 2.97. The van der Waals surface area contributed by atoms with Gasteiger partial charge in [-0.1, -0.05) is 18.2 Å². The van der Waals surface area contributed by atoms with E-state index in [0.29, 0.717) is 12.2 Å². The fraction of sp³-hybridized carbons (Fsp3) is 0.235. The second-order valence-corrected chi connectivity index (χ2v) is 5.35. The van der Waals surface area contributed by atoms with Gasteiger partial charge in [0.05, 0.1) is 6.04 Å². The molecular formula is C17H16F2N2O. The van der Waals surface area contributed by atoms with Crippen molar-refractivity contribution in [1.82, 2.24) is 4.90 Å². The van der Waals surface area contributed by atoms with Gasteiger partial charge < -0.3 is 10.2 Å². The Morgan fingerprint density at radius 1 is 1.09 bits per heavy atom. The molecule has 5 heteroatoms. The second kappa shape index (κ2) is 6.13. The summed E-state index contributed by atoms with van der Waals surface area (Å²) in [7, 11) is 0. The monoisotopic (exact) mass is 302 g/mol. The van der Waals surface area contributed by atoms with Gasteiger partial charge in [-0.2, -0.15) is 0 Å². The zero-order valence-corrected chi connectivity index (χ0v) is 11.9. The van der Waals surface area contributed by atoms with Crippen molar-refractivity contribution in [1.29, 1.82) is 0 Å². The molecule has 0 spiro atoms. The second-order valence-electron chi connectivity index (χ2n) is 5.35. The number of hydrogen-bond donors (Lipinski definition) is 1. The molecule has 1 aliphatic heterocycles. The summed E-state index contributed by atoms with van der Waals surface area (Å²) in [6.07, 6.45) is 1.65. The Morgan fingerprint density at radius 3 is 2.55 bits per heavy atom. The van der Waals surface area contributed by atoms with Crippen molar-refractivity contribution in [2.24, 2.45) is 0 Å². The maximum atomic E-state index is 13.4. The minimum absolute atomic E-state index is 0.149. The summed E-state index contributed by atoms with van der Waals surface area (Å²) < 4.78 is 26.6. The van der Waals surface area contributed by atoms with Crippen LogP contribution in [0.25, 0.3) is 0 Å². The highest BCUT2D eigenvalue weighted by Gasteiger charge is 2.30. The van der Waals surface area contributed by atoms with Crippen LogP contribution in [0, 0.1) is 11.6 Å². The Bertz CT molecular complexity index is 690. The lowest BCUT2D eigenvalue weighted by atomic mass is 10.0. The van der Waals surface area contributed by atoms with Gasteiger partial charge in [-0.3, -0.25) is 0 Å². The van der Waals surface area contributed by atoms with E-state index < -0.39 is 5.82 Å². The molecule has 2 aromatic carbocycles. The Hall–Kier alpha value is -2.43. The number of benzene rings is 2. The molecule has 1 saturated heterocycles. The van der Waals surface area contributed by atoms with Gasteiger partial charge in [-0.15, -0.1) is 0 Å². The number of carbonyl (C=O) groups is 1. The van der Waals surface area contributed by atoms with Gasteiger partial charge in [0.1, 0.15) is 11.6 Å². The van der Waals surface area contributed by atoms with E-state index in [9.17, 15) is 13.6 Å². The normalized spacial score (nSPS) is 17.5. The van der Waals surface area contributed by atoms with Crippen molar-refractivity contribution in [2.75, 3.05) is 11.9 Å². The minimum atomic E-state index is -0.402. The first kappa shape index (κ1) is 14.5. The number of hydrogen-bond acceptors (Lipinski definition) is 1. The molecule has 3 rings (SSSR count). The van der Waals surface area contributed by atoms with Gasteiger partial charge in [-0.05, 0) is 48.7 Å². The van der Waals surface area contributed by atoms with E-state index in [0.717, 1.165) is 18.4 Å². The number of rotatable bonds is 2. The molecule has 2 amide bonds. The quantitative estimate of drug-likeness (QED) is 0.879. The van der Waals surface area contributed by atoms with Gasteiger partial charge in [0.25, 0.3) is 0 Å². The SMILES string of the molecule is O=C(Nc1cccc(F)c1)N1CCC[C@H]1c1cccc(F)c1.